The Morgan fingerprint density at radius 1 is 1.05 bits per heavy atom. The second kappa shape index (κ2) is 5.79. The molecule has 1 heterocycles. The first-order valence-corrected chi connectivity index (χ1v) is 6.86. The second-order valence-electron chi connectivity index (χ2n) is 4.35. The van der Waals surface area contributed by atoms with Gasteiger partial charge in [0.2, 0.25) is 0 Å². The van der Waals surface area contributed by atoms with Gasteiger partial charge >= 0.3 is 0 Å². The van der Waals surface area contributed by atoms with Crippen LogP contribution < -0.4 is 0 Å². The Kier molecular flexibility index (Phi) is 3.86. The van der Waals surface area contributed by atoms with Crippen LogP contribution in [0, 0.1) is 5.82 Å². The standard InChI is InChI=1S/C14H9Cl2FN4/c15-11-6-3-5-10(13(11)16)14-18-19-20-21(14)8-9-4-1-2-7-12(9)17/h1-7H,8H2. The molecule has 0 unspecified atom stereocenters. The number of tetrazole rings is 1. The Labute approximate surface area is 130 Å². The highest BCUT2D eigenvalue weighted by atomic mass is 35.5. The van der Waals surface area contributed by atoms with Gasteiger partial charge in [-0.3, -0.25) is 0 Å². The molecule has 0 aliphatic rings. The van der Waals surface area contributed by atoms with E-state index in [4.69, 9.17) is 23.2 Å². The maximum Gasteiger partial charge on any atom is 0.183 e. The van der Waals surface area contributed by atoms with E-state index in [1.165, 1.54) is 10.7 Å². The lowest BCUT2D eigenvalue weighted by atomic mass is 10.2. The molecular weight excluding hydrogens is 314 g/mol. The van der Waals surface area contributed by atoms with Crippen molar-refractivity contribution in [2.45, 2.75) is 6.54 Å². The van der Waals surface area contributed by atoms with Crippen LogP contribution in [0.2, 0.25) is 10.0 Å². The number of halogens is 3. The van der Waals surface area contributed by atoms with Crippen LogP contribution in [0.5, 0.6) is 0 Å². The summed E-state index contributed by atoms with van der Waals surface area (Å²) in [7, 11) is 0. The van der Waals surface area contributed by atoms with E-state index in [9.17, 15) is 4.39 Å². The molecule has 7 heteroatoms. The Morgan fingerprint density at radius 3 is 2.67 bits per heavy atom. The molecule has 106 valence electrons. The van der Waals surface area contributed by atoms with Crippen molar-refractivity contribution in [2.24, 2.45) is 0 Å². The van der Waals surface area contributed by atoms with E-state index in [1.807, 2.05) is 0 Å². The minimum atomic E-state index is -0.309. The van der Waals surface area contributed by atoms with Crippen LogP contribution in [-0.4, -0.2) is 20.2 Å². The molecule has 2 aromatic carbocycles. The fraction of sp³-hybridized carbons (Fsp3) is 0.0714. The summed E-state index contributed by atoms with van der Waals surface area (Å²) in [6.07, 6.45) is 0. The van der Waals surface area contributed by atoms with Crippen molar-refractivity contribution >= 4 is 23.2 Å². The third-order valence-corrected chi connectivity index (χ3v) is 3.82. The monoisotopic (exact) mass is 322 g/mol. The summed E-state index contributed by atoms with van der Waals surface area (Å²) in [6, 6.07) is 11.7. The van der Waals surface area contributed by atoms with E-state index in [1.54, 1.807) is 36.4 Å². The van der Waals surface area contributed by atoms with Crippen LogP contribution in [0.15, 0.2) is 42.5 Å². The highest BCUT2D eigenvalue weighted by Crippen LogP contribution is 2.32. The van der Waals surface area contributed by atoms with Gasteiger partial charge in [-0.1, -0.05) is 47.5 Å². The van der Waals surface area contributed by atoms with E-state index in [2.05, 4.69) is 15.5 Å². The SMILES string of the molecule is Fc1ccccc1Cn1nnnc1-c1cccc(Cl)c1Cl. The molecule has 0 bridgehead atoms. The number of aromatic nitrogens is 4. The molecule has 0 saturated carbocycles. The Hall–Kier alpha value is -1.98. The highest BCUT2D eigenvalue weighted by molar-refractivity contribution is 6.43. The predicted octanol–water partition coefficient (Wildman–Crippen LogP) is 3.83. The zero-order valence-corrected chi connectivity index (χ0v) is 12.2. The van der Waals surface area contributed by atoms with Gasteiger partial charge < -0.3 is 0 Å². The van der Waals surface area contributed by atoms with Crippen molar-refractivity contribution in [1.29, 1.82) is 0 Å². The van der Waals surface area contributed by atoms with Crippen LogP contribution >= 0.6 is 23.2 Å². The van der Waals surface area contributed by atoms with E-state index in [0.717, 1.165) is 0 Å². The lowest BCUT2D eigenvalue weighted by Crippen LogP contribution is -2.06. The quantitative estimate of drug-likeness (QED) is 0.736. The van der Waals surface area contributed by atoms with Crippen molar-refractivity contribution in [1.82, 2.24) is 20.2 Å². The van der Waals surface area contributed by atoms with Gasteiger partial charge in [-0.25, -0.2) is 9.07 Å². The molecule has 21 heavy (non-hydrogen) atoms. The zero-order chi connectivity index (χ0) is 14.8. The molecule has 0 saturated heterocycles. The lowest BCUT2D eigenvalue weighted by molar-refractivity contribution is 0.579. The third kappa shape index (κ3) is 2.75. The predicted molar refractivity (Wildman–Crippen MR) is 78.8 cm³/mol. The molecule has 0 fully saturated rings. The molecular formula is C14H9Cl2FN4. The van der Waals surface area contributed by atoms with Gasteiger partial charge in [0.25, 0.3) is 0 Å². The summed E-state index contributed by atoms with van der Waals surface area (Å²) in [4.78, 5) is 0. The van der Waals surface area contributed by atoms with E-state index in [0.29, 0.717) is 27.0 Å². The number of hydrogen-bond donors (Lipinski definition) is 0. The largest absolute Gasteiger partial charge is 0.221 e. The summed E-state index contributed by atoms with van der Waals surface area (Å²) in [5.74, 6) is 0.127. The number of rotatable bonds is 3. The van der Waals surface area contributed by atoms with Gasteiger partial charge in [0.15, 0.2) is 5.82 Å². The van der Waals surface area contributed by atoms with Gasteiger partial charge in [-0.05, 0) is 28.6 Å². The maximum absolute atomic E-state index is 13.7. The first-order chi connectivity index (χ1) is 10.2. The molecule has 0 atom stereocenters. The Bertz CT molecular complexity index is 788. The van der Waals surface area contributed by atoms with E-state index >= 15 is 0 Å². The van der Waals surface area contributed by atoms with Crippen LogP contribution in [0.3, 0.4) is 0 Å². The molecule has 0 spiro atoms. The minimum absolute atomic E-state index is 0.206. The molecule has 0 N–H and O–H groups in total. The number of benzene rings is 2. The van der Waals surface area contributed by atoms with Crippen LogP contribution in [0.1, 0.15) is 5.56 Å². The summed E-state index contributed by atoms with van der Waals surface area (Å²) >= 11 is 12.2. The summed E-state index contributed by atoms with van der Waals surface area (Å²) < 4.78 is 15.2. The van der Waals surface area contributed by atoms with Crippen molar-refractivity contribution in [3.05, 3.63) is 63.9 Å². The fourth-order valence-corrected chi connectivity index (χ4v) is 2.35. The molecule has 0 aliphatic carbocycles. The topological polar surface area (TPSA) is 43.6 Å². The van der Waals surface area contributed by atoms with Crippen molar-refractivity contribution in [3.8, 4) is 11.4 Å². The van der Waals surface area contributed by atoms with Crippen LogP contribution in [0.25, 0.3) is 11.4 Å². The average Bonchev–Trinajstić information content (AvgIpc) is 2.92. The Balaban J connectivity index is 2.02. The lowest BCUT2D eigenvalue weighted by Gasteiger charge is -2.07. The molecule has 0 radical (unpaired) electrons. The summed E-state index contributed by atoms with van der Waals surface area (Å²) in [5, 5.41) is 12.2. The van der Waals surface area contributed by atoms with Gasteiger partial charge in [0, 0.05) is 11.1 Å². The van der Waals surface area contributed by atoms with Crippen molar-refractivity contribution < 1.29 is 4.39 Å². The van der Waals surface area contributed by atoms with E-state index < -0.39 is 0 Å². The molecule has 1 aromatic heterocycles. The second-order valence-corrected chi connectivity index (χ2v) is 5.14. The maximum atomic E-state index is 13.7. The normalized spacial score (nSPS) is 10.8. The number of nitrogens with zero attached hydrogens (tertiary/aromatic N) is 4. The first-order valence-electron chi connectivity index (χ1n) is 6.11. The molecule has 3 rings (SSSR count). The zero-order valence-electron chi connectivity index (χ0n) is 10.7. The molecule has 4 nitrogen and oxygen atoms in total. The van der Waals surface area contributed by atoms with Gasteiger partial charge in [0.05, 0.1) is 16.6 Å². The molecule has 0 amide bonds. The smallest absolute Gasteiger partial charge is 0.183 e. The number of hydrogen-bond acceptors (Lipinski definition) is 3. The third-order valence-electron chi connectivity index (χ3n) is 3.00. The van der Waals surface area contributed by atoms with E-state index in [-0.39, 0.29) is 12.4 Å². The van der Waals surface area contributed by atoms with Crippen LogP contribution in [0.4, 0.5) is 4.39 Å². The highest BCUT2D eigenvalue weighted by Gasteiger charge is 2.15. The summed E-state index contributed by atoms with van der Waals surface area (Å²) in [6.45, 7) is 0.206. The van der Waals surface area contributed by atoms with Gasteiger partial charge in [-0.15, -0.1) is 5.10 Å². The average molecular weight is 323 g/mol. The molecule has 0 aliphatic heterocycles. The minimum Gasteiger partial charge on any atom is -0.221 e. The van der Waals surface area contributed by atoms with Crippen molar-refractivity contribution in [2.75, 3.05) is 0 Å². The fourth-order valence-electron chi connectivity index (χ4n) is 1.97. The van der Waals surface area contributed by atoms with Gasteiger partial charge in [-0.2, -0.15) is 0 Å². The Morgan fingerprint density at radius 2 is 1.86 bits per heavy atom. The van der Waals surface area contributed by atoms with Gasteiger partial charge in [0.1, 0.15) is 5.82 Å². The molecule has 3 aromatic rings. The van der Waals surface area contributed by atoms with Crippen molar-refractivity contribution in [3.63, 3.8) is 0 Å². The summed E-state index contributed by atoms with van der Waals surface area (Å²) in [5.41, 5.74) is 1.09. The first kappa shape index (κ1) is 14.0. The van der Waals surface area contributed by atoms with Crippen LogP contribution in [-0.2, 0) is 6.54 Å².